The zero-order chi connectivity index (χ0) is 22.2. The van der Waals surface area contributed by atoms with Gasteiger partial charge in [0.2, 0.25) is 11.8 Å². The SMILES string of the molecule is COc1ccc(N/C(=C/[N+](=O)[O-])NC2CCCCN(CC(=O)N3CCCC3)C2=O)cc1. The Kier molecular flexibility index (Phi) is 7.69. The van der Waals surface area contributed by atoms with Gasteiger partial charge < -0.3 is 25.2 Å². The molecule has 0 saturated carbocycles. The van der Waals surface area contributed by atoms with Crippen molar-refractivity contribution in [1.29, 1.82) is 0 Å². The molecule has 2 aliphatic rings. The molecule has 3 rings (SSSR count). The summed E-state index contributed by atoms with van der Waals surface area (Å²) in [6.07, 6.45) is 4.91. The summed E-state index contributed by atoms with van der Waals surface area (Å²) in [5, 5.41) is 17.1. The van der Waals surface area contributed by atoms with E-state index < -0.39 is 11.0 Å². The van der Waals surface area contributed by atoms with Gasteiger partial charge in [0.15, 0.2) is 5.82 Å². The molecule has 0 aliphatic carbocycles. The lowest BCUT2D eigenvalue weighted by Gasteiger charge is -2.27. The molecule has 1 aromatic rings. The maximum absolute atomic E-state index is 13.1. The number of hydrogen-bond acceptors (Lipinski definition) is 7. The Hall–Kier alpha value is -3.30. The molecule has 0 spiro atoms. The Morgan fingerprint density at radius 2 is 1.87 bits per heavy atom. The Balaban J connectivity index is 1.68. The lowest BCUT2D eigenvalue weighted by molar-refractivity contribution is -0.403. The maximum atomic E-state index is 13.1. The number of hydrogen-bond donors (Lipinski definition) is 2. The van der Waals surface area contributed by atoms with Crippen molar-refractivity contribution in [3.63, 3.8) is 0 Å². The normalized spacial score (nSPS) is 19.7. The van der Waals surface area contributed by atoms with Gasteiger partial charge in [-0.3, -0.25) is 19.7 Å². The van der Waals surface area contributed by atoms with Crippen LogP contribution >= 0.6 is 0 Å². The summed E-state index contributed by atoms with van der Waals surface area (Å²) in [5.74, 6) is 0.525. The third kappa shape index (κ3) is 6.34. The number of nitrogens with one attached hydrogen (secondary N) is 2. The molecule has 0 bridgehead atoms. The van der Waals surface area contributed by atoms with Gasteiger partial charge in [-0.1, -0.05) is 0 Å². The van der Waals surface area contributed by atoms with Crippen molar-refractivity contribution in [2.24, 2.45) is 0 Å². The van der Waals surface area contributed by atoms with Crippen LogP contribution in [-0.4, -0.2) is 65.9 Å². The van der Waals surface area contributed by atoms with Crippen LogP contribution in [0.2, 0.25) is 0 Å². The molecule has 1 unspecified atom stereocenters. The van der Waals surface area contributed by atoms with Crippen LogP contribution in [0, 0.1) is 10.1 Å². The predicted molar refractivity (Wildman–Crippen MR) is 115 cm³/mol. The number of rotatable bonds is 8. The third-order valence-electron chi connectivity index (χ3n) is 5.50. The topological polar surface area (TPSA) is 117 Å². The number of nitro groups is 1. The largest absolute Gasteiger partial charge is 0.497 e. The minimum Gasteiger partial charge on any atom is -0.497 e. The minimum atomic E-state index is -0.647. The molecule has 31 heavy (non-hydrogen) atoms. The Labute approximate surface area is 181 Å². The van der Waals surface area contributed by atoms with E-state index in [4.69, 9.17) is 4.74 Å². The van der Waals surface area contributed by atoms with Gasteiger partial charge >= 0.3 is 0 Å². The van der Waals surface area contributed by atoms with E-state index in [9.17, 15) is 19.7 Å². The molecule has 168 valence electrons. The van der Waals surface area contributed by atoms with Crippen molar-refractivity contribution in [2.45, 2.75) is 38.1 Å². The summed E-state index contributed by atoms with van der Waals surface area (Å²) in [4.78, 5) is 39.6. The summed E-state index contributed by atoms with van der Waals surface area (Å²) < 4.78 is 5.12. The lowest BCUT2D eigenvalue weighted by Crippen LogP contribution is -2.49. The fourth-order valence-electron chi connectivity index (χ4n) is 3.85. The number of benzene rings is 1. The number of carbonyl (C=O) groups is 2. The van der Waals surface area contributed by atoms with Crippen molar-refractivity contribution < 1.29 is 19.2 Å². The fourth-order valence-corrected chi connectivity index (χ4v) is 3.85. The molecular formula is C21H29N5O5. The average molecular weight is 431 g/mol. The van der Waals surface area contributed by atoms with Gasteiger partial charge in [-0.2, -0.15) is 0 Å². The number of ether oxygens (including phenoxy) is 1. The van der Waals surface area contributed by atoms with Gasteiger partial charge in [-0.25, -0.2) is 0 Å². The number of anilines is 1. The summed E-state index contributed by atoms with van der Waals surface area (Å²) in [6.45, 7) is 2.04. The minimum absolute atomic E-state index is 0.0380. The van der Waals surface area contributed by atoms with Gasteiger partial charge in [0.1, 0.15) is 11.8 Å². The molecule has 2 saturated heterocycles. The van der Waals surface area contributed by atoms with Crippen LogP contribution in [0.1, 0.15) is 32.1 Å². The van der Waals surface area contributed by atoms with Crippen molar-refractivity contribution in [3.05, 3.63) is 46.4 Å². The quantitative estimate of drug-likeness (QED) is 0.476. The number of nitrogens with zero attached hydrogens (tertiary/aromatic N) is 3. The number of carbonyl (C=O) groups excluding carboxylic acids is 2. The highest BCUT2D eigenvalue weighted by molar-refractivity contribution is 5.88. The van der Waals surface area contributed by atoms with E-state index in [2.05, 4.69) is 10.6 Å². The van der Waals surface area contributed by atoms with E-state index >= 15 is 0 Å². The average Bonchev–Trinajstić information content (AvgIpc) is 3.24. The monoisotopic (exact) mass is 431 g/mol. The van der Waals surface area contributed by atoms with E-state index in [1.54, 1.807) is 41.2 Å². The third-order valence-corrected chi connectivity index (χ3v) is 5.50. The molecule has 2 amide bonds. The van der Waals surface area contributed by atoms with Gasteiger partial charge in [0.05, 0.1) is 18.6 Å². The zero-order valence-corrected chi connectivity index (χ0v) is 17.7. The van der Waals surface area contributed by atoms with E-state index in [0.717, 1.165) is 45.0 Å². The summed E-state index contributed by atoms with van der Waals surface area (Å²) >= 11 is 0. The van der Waals surface area contributed by atoms with Crippen LogP contribution in [0.15, 0.2) is 36.3 Å². The molecule has 2 heterocycles. The van der Waals surface area contributed by atoms with Crippen LogP contribution in [0.4, 0.5) is 5.69 Å². The Bertz CT molecular complexity index is 820. The van der Waals surface area contributed by atoms with Crippen LogP contribution in [0.3, 0.4) is 0 Å². The van der Waals surface area contributed by atoms with E-state index in [-0.39, 0.29) is 24.2 Å². The standard InChI is InChI=1S/C21H29N5O5/c1-31-17-9-7-16(8-10-17)22-19(14-26(29)30)23-18-6-2-3-13-25(21(18)28)15-20(27)24-11-4-5-12-24/h7-10,14,18,22-23H,2-6,11-13,15H2,1H3/b19-14-. The predicted octanol–water partition coefficient (Wildman–Crippen LogP) is 1.78. The van der Waals surface area contributed by atoms with Crippen molar-refractivity contribution in [2.75, 3.05) is 38.6 Å². The highest BCUT2D eigenvalue weighted by Crippen LogP contribution is 2.18. The van der Waals surface area contributed by atoms with E-state index in [0.29, 0.717) is 24.4 Å². The molecule has 2 fully saturated rings. The molecule has 0 aromatic heterocycles. The van der Waals surface area contributed by atoms with Gasteiger partial charge in [-0.15, -0.1) is 0 Å². The van der Waals surface area contributed by atoms with Crippen molar-refractivity contribution >= 4 is 17.5 Å². The maximum Gasteiger partial charge on any atom is 0.274 e. The van der Waals surface area contributed by atoms with Crippen LogP contribution in [0.5, 0.6) is 5.75 Å². The first-order chi connectivity index (χ1) is 15.0. The van der Waals surface area contributed by atoms with Gasteiger partial charge in [0.25, 0.3) is 6.20 Å². The molecular weight excluding hydrogens is 402 g/mol. The van der Waals surface area contributed by atoms with Gasteiger partial charge in [-0.05, 0) is 56.4 Å². The van der Waals surface area contributed by atoms with Crippen LogP contribution < -0.4 is 15.4 Å². The second kappa shape index (κ2) is 10.6. The second-order valence-electron chi connectivity index (χ2n) is 7.72. The Morgan fingerprint density at radius 1 is 1.19 bits per heavy atom. The van der Waals surface area contributed by atoms with Gasteiger partial charge in [0, 0.05) is 25.3 Å². The second-order valence-corrected chi connectivity index (χ2v) is 7.72. The number of methoxy groups -OCH3 is 1. The van der Waals surface area contributed by atoms with Crippen molar-refractivity contribution in [1.82, 2.24) is 15.1 Å². The Morgan fingerprint density at radius 3 is 2.52 bits per heavy atom. The first-order valence-electron chi connectivity index (χ1n) is 10.6. The highest BCUT2D eigenvalue weighted by Gasteiger charge is 2.30. The summed E-state index contributed by atoms with van der Waals surface area (Å²) in [6, 6.07) is 6.27. The number of amides is 2. The van der Waals surface area contributed by atoms with Crippen LogP contribution in [0.25, 0.3) is 0 Å². The molecule has 10 heteroatoms. The molecule has 2 aliphatic heterocycles. The molecule has 0 radical (unpaired) electrons. The van der Waals surface area contributed by atoms with Crippen molar-refractivity contribution in [3.8, 4) is 5.75 Å². The first-order valence-corrected chi connectivity index (χ1v) is 10.6. The van der Waals surface area contributed by atoms with Crippen LogP contribution in [-0.2, 0) is 9.59 Å². The first kappa shape index (κ1) is 22.4. The molecule has 2 N–H and O–H groups in total. The molecule has 1 atom stereocenters. The molecule has 10 nitrogen and oxygen atoms in total. The zero-order valence-electron chi connectivity index (χ0n) is 17.7. The smallest absolute Gasteiger partial charge is 0.274 e. The highest BCUT2D eigenvalue weighted by atomic mass is 16.6. The van der Waals surface area contributed by atoms with E-state index in [1.807, 2.05) is 0 Å². The summed E-state index contributed by atoms with van der Waals surface area (Å²) in [5.41, 5.74) is 0.614. The lowest BCUT2D eigenvalue weighted by atomic mass is 10.1. The number of likely N-dealkylation sites (tertiary alicyclic amines) is 2. The van der Waals surface area contributed by atoms with E-state index in [1.165, 1.54) is 0 Å². The fraction of sp³-hybridized carbons (Fsp3) is 0.524. The summed E-state index contributed by atoms with van der Waals surface area (Å²) in [7, 11) is 1.56. The molecule has 1 aromatic carbocycles.